The van der Waals surface area contributed by atoms with Crippen molar-refractivity contribution in [3.63, 3.8) is 0 Å². The molecule has 0 aromatic heterocycles. The van der Waals surface area contributed by atoms with Gasteiger partial charge in [0.15, 0.2) is 0 Å². The molecule has 10 nitrogen and oxygen atoms in total. The number of ether oxygens (including phenoxy) is 2. The number of hydrogen-bond acceptors (Lipinski definition) is 7. The van der Waals surface area contributed by atoms with E-state index in [1.165, 1.54) is 40.7 Å². The van der Waals surface area contributed by atoms with Crippen LogP contribution < -0.4 is 10.1 Å². The van der Waals surface area contributed by atoms with Gasteiger partial charge in [0.25, 0.3) is 0 Å². The normalized spacial score (nSPS) is 17.4. The van der Waals surface area contributed by atoms with Gasteiger partial charge in [-0.25, -0.2) is 13.2 Å². The van der Waals surface area contributed by atoms with Gasteiger partial charge in [-0.15, -0.1) is 0 Å². The molecule has 0 aliphatic carbocycles. The average molecular weight is 597 g/mol. The van der Waals surface area contributed by atoms with Gasteiger partial charge in [-0.2, -0.15) is 9.57 Å². The van der Waals surface area contributed by atoms with Crippen LogP contribution in [0.1, 0.15) is 18.4 Å². The van der Waals surface area contributed by atoms with E-state index in [1.807, 2.05) is 6.07 Å². The molecule has 0 saturated carbocycles. The zero-order chi connectivity index (χ0) is 28.0. The number of halogens is 2. The molecule has 0 radical (unpaired) electrons. The lowest BCUT2D eigenvalue weighted by molar-refractivity contribution is 0.0385. The number of rotatable bonds is 8. The van der Waals surface area contributed by atoms with Crippen molar-refractivity contribution >= 4 is 39.3 Å². The Morgan fingerprint density at radius 2 is 1.79 bits per heavy atom. The van der Waals surface area contributed by atoms with E-state index in [9.17, 15) is 18.5 Å². The highest BCUT2D eigenvalue weighted by Crippen LogP contribution is 2.35. The predicted molar refractivity (Wildman–Crippen MR) is 148 cm³/mol. The first kappa shape index (κ1) is 29.4. The number of urea groups is 1. The van der Waals surface area contributed by atoms with E-state index >= 15 is 0 Å². The lowest BCUT2D eigenvalue weighted by atomic mass is 10.1. The van der Waals surface area contributed by atoms with Crippen LogP contribution in [0.25, 0.3) is 0 Å². The number of sulfonamides is 1. The molecule has 2 fully saturated rings. The molecule has 2 aliphatic heterocycles. The first-order chi connectivity index (χ1) is 18.7. The number of nitrogens with zero attached hydrogens (tertiary/aromatic N) is 4. The van der Waals surface area contributed by atoms with Crippen molar-refractivity contribution in [3.8, 4) is 17.6 Å². The molecular weight excluding hydrogens is 565 g/mol. The van der Waals surface area contributed by atoms with Crippen molar-refractivity contribution in [2.45, 2.75) is 23.8 Å². The Hall–Kier alpha value is -2.59. The first-order valence-corrected chi connectivity index (χ1v) is 14.9. The molecule has 2 amide bonds. The molecule has 0 spiro atoms. The summed E-state index contributed by atoms with van der Waals surface area (Å²) in [6.07, 6.45) is 0.954. The average Bonchev–Trinajstić information content (AvgIpc) is 2.93. The van der Waals surface area contributed by atoms with Crippen LogP contribution in [0.4, 0.5) is 4.79 Å². The van der Waals surface area contributed by atoms with E-state index in [2.05, 4.69) is 10.2 Å². The lowest BCUT2D eigenvalue weighted by Crippen LogP contribution is -2.51. The molecule has 0 atom stereocenters. The van der Waals surface area contributed by atoms with Crippen LogP contribution in [-0.4, -0.2) is 94.1 Å². The summed E-state index contributed by atoms with van der Waals surface area (Å²) in [5.74, 6) is 0.333. The van der Waals surface area contributed by atoms with E-state index in [-0.39, 0.29) is 47.1 Å². The molecule has 0 unspecified atom stereocenters. The van der Waals surface area contributed by atoms with Gasteiger partial charge in [-0.1, -0.05) is 23.2 Å². The van der Waals surface area contributed by atoms with Gasteiger partial charge in [0.1, 0.15) is 16.4 Å². The zero-order valence-electron chi connectivity index (χ0n) is 21.6. The highest BCUT2D eigenvalue weighted by atomic mass is 35.5. The summed E-state index contributed by atoms with van der Waals surface area (Å²) in [4.78, 5) is 16.5. The molecule has 39 heavy (non-hydrogen) atoms. The number of benzene rings is 2. The van der Waals surface area contributed by atoms with Crippen molar-refractivity contribution in [1.82, 2.24) is 19.4 Å². The Morgan fingerprint density at radius 3 is 2.44 bits per heavy atom. The minimum absolute atomic E-state index is 0.0613. The quantitative estimate of drug-likeness (QED) is 0.493. The van der Waals surface area contributed by atoms with Crippen molar-refractivity contribution in [3.05, 3.63) is 52.0 Å². The van der Waals surface area contributed by atoms with E-state index in [1.54, 1.807) is 11.9 Å². The molecule has 4 rings (SSSR count). The summed E-state index contributed by atoms with van der Waals surface area (Å²) in [5.41, 5.74) is 0.188. The number of carbonyl (C=O) groups excluding carboxylic acids is 1. The van der Waals surface area contributed by atoms with Gasteiger partial charge in [0.05, 0.1) is 24.8 Å². The first-order valence-electron chi connectivity index (χ1n) is 12.7. The number of amides is 2. The smallest absolute Gasteiger partial charge is 0.317 e. The minimum atomic E-state index is -4.01. The monoisotopic (exact) mass is 595 g/mol. The van der Waals surface area contributed by atoms with Gasteiger partial charge in [-0.3, -0.25) is 4.90 Å². The maximum absolute atomic E-state index is 13.7. The Kier molecular flexibility index (Phi) is 9.93. The summed E-state index contributed by atoms with van der Waals surface area (Å²) in [5, 5.41) is 13.0. The minimum Gasteiger partial charge on any atom is -0.456 e. The van der Waals surface area contributed by atoms with E-state index < -0.39 is 10.0 Å². The fourth-order valence-electron chi connectivity index (χ4n) is 4.62. The number of nitriles is 1. The topological polar surface area (TPSA) is 115 Å². The van der Waals surface area contributed by atoms with Crippen molar-refractivity contribution in [2.75, 3.05) is 59.5 Å². The van der Waals surface area contributed by atoms with Crippen molar-refractivity contribution in [2.24, 2.45) is 0 Å². The third-order valence-electron chi connectivity index (χ3n) is 6.85. The summed E-state index contributed by atoms with van der Waals surface area (Å²) < 4.78 is 39.9. The van der Waals surface area contributed by atoms with Crippen LogP contribution in [0.15, 0.2) is 41.3 Å². The van der Waals surface area contributed by atoms with E-state index in [4.69, 9.17) is 32.7 Å². The zero-order valence-corrected chi connectivity index (χ0v) is 23.9. The number of hydrogen-bond donors (Lipinski definition) is 1. The molecule has 2 heterocycles. The van der Waals surface area contributed by atoms with Crippen molar-refractivity contribution in [1.29, 1.82) is 5.26 Å². The molecule has 0 bridgehead atoms. The second-order valence-electron chi connectivity index (χ2n) is 9.41. The fourth-order valence-corrected chi connectivity index (χ4v) is 6.74. The molecule has 2 aromatic carbocycles. The maximum Gasteiger partial charge on any atom is 0.317 e. The van der Waals surface area contributed by atoms with Gasteiger partial charge in [0.2, 0.25) is 10.0 Å². The molecule has 13 heteroatoms. The highest BCUT2D eigenvalue weighted by molar-refractivity contribution is 7.89. The van der Waals surface area contributed by atoms with Crippen LogP contribution in [-0.2, 0) is 14.8 Å². The predicted octanol–water partition coefficient (Wildman–Crippen LogP) is 3.78. The summed E-state index contributed by atoms with van der Waals surface area (Å²) in [7, 11) is -2.27. The summed E-state index contributed by atoms with van der Waals surface area (Å²) in [6.45, 7) is 4.86. The molecule has 1 N–H and O–H groups in total. The van der Waals surface area contributed by atoms with Gasteiger partial charge >= 0.3 is 6.03 Å². The summed E-state index contributed by atoms with van der Waals surface area (Å²) in [6, 6.07) is 10.5. The van der Waals surface area contributed by atoms with Crippen LogP contribution in [0, 0.1) is 11.3 Å². The standard InChI is InChI=1S/C26H31Cl2N5O5S/c1-31(26(34)30-6-9-32-10-12-37-13-11-32)22-4-7-33(8-5-22)39(35,36)25-14-19(18-29)2-3-24(25)38-23-16-20(27)15-21(28)17-23/h2-3,14-17,22H,4-13H2,1H3,(H,30,34). The highest BCUT2D eigenvalue weighted by Gasteiger charge is 2.34. The largest absolute Gasteiger partial charge is 0.456 e. The SMILES string of the molecule is CN(C(=O)NCCN1CCOCC1)C1CCN(S(=O)(=O)c2cc(C#N)ccc2Oc2cc(Cl)cc(Cl)c2)CC1. The third-order valence-corrected chi connectivity index (χ3v) is 9.21. The van der Waals surface area contributed by atoms with E-state index in [0.29, 0.717) is 42.6 Å². The molecule has 2 aromatic rings. The van der Waals surface area contributed by atoms with Crippen LogP contribution in [0.2, 0.25) is 10.0 Å². The number of nitrogens with one attached hydrogen (secondary N) is 1. The molecular formula is C26H31Cl2N5O5S. The Balaban J connectivity index is 1.39. The van der Waals surface area contributed by atoms with Gasteiger partial charge in [-0.05, 0) is 49.2 Å². The Morgan fingerprint density at radius 1 is 1.13 bits per heavy atom. The third kappa shape index (κ3) is 7.54. The molecule has 2 aliphatic rings. The van der Waals surface area contributed by atoms with Crippen LogP contribution in [0.5, 0.6) is 11.5 Å². The summed E-state index contributed by atoms with van der Waals surface area (Å²) >= 11 is 12.1. The number of carbonyl (C=O) groups is 1. The molecule has 2 saturated heterocycles. The van der Waals surface area contributed by atoms with Gasteiger partial charge in [0, 0.05) is 62.4 Å². The Bertz CT molecular complexity index is 1300. The fraction of sp³-hybridized carbons (Fsp3) is 0.462. The second-order valence-corrected chi connectivity index (χ2v) is 12.2. The van der Waals surface area contributed by atoms with E-state index in [0.717, 1.165) is 19.6 Å². The van der Waals surface area contributed by atoms with Crippen molar-refractivity contribution < 1.29 is 22.7 Å². The number of morpholine rings is 1. The lowest BCUT2D eigenvalue weighted by Gasteiger charge is -2.36. The second kappa shape index (κ2) is 13.2. The molecule has 210 valence electrons. The Labute approximate surface area is 239 Å². The van der Waals surface area contributed by atoms with Gasteiger partial charge < -0.3 is 19.7 Å². The maximum atomic E-state index is 13.7. The number of piperidine rings is 1. The van der Waals surface area contributed by atoms with Crippen LogP contribution >= 0.6 is 23.2 Å². The van der Waals surface area contributed by atoms with Crippen LogP contribution in [0.3, 0.4) is 0 Å².